The summed E-state index contributed by atoms with van der Waals surface area (Å²) < 4.78 is 10.5. The Morgan fingerprint density at radius 3 is 2.00 bits per heavy atom. The number of ether oxygens (including phenoxy) is 2. The van der Waals surface area contributed by atoms with E-state index in [9.17, 15) is 0 Å². The van der Waals surface area contributed by atoms with Gasteiger partial charge in [0.15, 0.2) is 11.5 Å². The van der Waals surface area contributed by atoms with Crippen LogP contribution in [0.25, 0.3) is 12.2 Å². The van der Waals surface area contributed by atoms with E-state index in [0.717, 1.165) is 23.5 Å². The van der Waals surface area contributed by atoms with Crippen molar-refractivity contribution in [1.82, 2.24) is 0 Å². The number of hydrogen-bond donors (Lipinski definition) is 0. The van der Waals surface area contributed by atoms with Crippen molar-refractivity contribution in [1.29, 1.82) is 0 Å². The summed E-state index contributed by atoms with van der Waals surface area (Å²) in [6.45, 7) is 2.16. The molecule has 0 spiro atoms. The van der Waals surface area contributed by atoms with Gasteiger partial charge in [0, 0.05) is 0 Å². The van der Waals surface area contributed by atoms with Crippen molar-refractivity contribution in [2.24, 2.45) is 0 Å². The van der Waals surface area contributed by atoms with E-state index in [4.69, 9.17) is 9.47 Å². The van der Waals surface area contributed by atoms with Crippen LogP contribution in [0, 0.1) is 0 Å². The first-order chi connectivity index (χ1) is 9.76. The fourth-order valence-electron chi connectivity index (χ4n) is 2.01. The molecule has 0 atom stereocenters. The highest BCUT2D eigenvalue weighted by atomic mass is 16.5. The Morgan fingerprint density at radius 2 is 1.40 bits per heavy atom. The minimum atomic E-state index is 0.746. The second kappa shape index (κ2) is 6.80. The molecule has 0 saturated carbocycles. The molecule has 0 saturated heterocycles. The van der Waals surface area contributed by atoms with Gasteiger partial charge in [0.2, 0.25) is 0 Å². The van der Waals surface area contributed by atoms with Crippen LogP contribution in [0.2, 0.25) is 0 Å². The monoisotopic (exact) mass is 268 g/mol. The molecule has 0 aliphatic carbocycles. The second-order valence-electron chi connectivity index (χ2n) is 4.54. The third-order valence-electron chi connectivity index (χ3n) is 3.26. The fourth-order valence-corrected chi connectivity index (χ4v) is 2.01. The lowest BCUT2D eigenvalue weighted by Gasteiger charge is -2.07. The number of methoxy groups -OCH3 is 2. The average Bonchev–Trinajstić information content (AvgIpc) is 2.53. The van der Waals surface area contributed by atoms with E-state index >= 15 is 0 Å². The van der Waals surface area contributed by atoms with Gasteiger partial charge in [-0.15, -0.1) is 0 Å². The molecular weight excluding hydrogens is 248 g/mol. The van der Waals surface area contributed by atoms with Crippen molar-refractivity contribution in [3.8, 4) is 11.5 Å². The van der Waals surface area contributed by atoms with Gasteiger partial charge < -0.3 is 9.47 Å². The van der Waals surface area contributed by atoms with Crippen LogP contribution in [0.15, 0.2) is 42.5 Å². The molecule has 0 bridgehead atoms. The number of aryl methyl sites for hydroxylation is 1. The Kier molecular flexibility index (Phi) is 4.83. The molecule has 0 unspecified atom stereocenters. The molecule has 0 N–H and O–H groups in total. The molecule has 2 nitrogen and oxygen atoms in total. The third-order valence-corrected chi connectivity index (χ3v) is 3.26. The maximum absolute atomic E-state index is 5.30. The molecule has 0 aliphatic rings. The molecule has 0 aromatic heterocycles. The highest BCUT2D eigenvalue weighted by Gasteiger charge is 2.02. The van der Waals surface area contributed by atoms with E-state index in [1.54, 1.807) is 14.2 Å². The van der Waals surface area contributed by atoms with Crippen LogP contribution in [0.1, 0.15) is 23.6 Å². The maximum atomic E-state index is 5.30. The zero-order valence-corrected chi connectivity index (χ0v) is 12.2. The van der Waals surface area contributed by atoms with Crippen LogP contribution in [0.3, 0.4) is 0 Å². The molecule has 2 aromatic rings. The van der Waals surface area contributed by atoms with E-state index in [1.165, 1.54) is 11.1 Å². The van der Waals surface area contributed by atoms with E-state index in [-0.39, 0.29) is 0 Å². The van der Waals surface area contributed by atoms with Crippen LogP contribution in [-0.2, 0) is 6.42 Å². The van der Waals surface area contributed by atoms with Gasteiger partial charge in [0.25, 0.3) is 0 Å². The smallest absolute Gasteiger partial charge is 0.161 e. The van der Waals surface area contributed by atoms with E-state index in [1.807, 2.05) is 18.2 Å². The van der Waals surface area contributed by atoms with Crippen molar-refractivity contribution in [2.75, 3.05) is 14.2 Å². The molecule has 0 fully saturated rings. The summed E-state index contributed by atoms with van der Waals surface area (Å²) >= 11 is 0. The third kappa shape index (κ3) is 3.41. The van der Waals surface area contributed by atoms with Crippen molar-refractivity contribution < 1.29 is 9.47 Å². The Bertz CT molecular complexity index is 583. The zero-order chi connectivity index (χ0) is 14.4. The molecular formula is C18H20O2. The predicted molar refractivity (Wildman–Crippen MR) is 84.3 cm³/mol. The summed E-state index contributed by atoms with van der Waals surface area (Å²) in [5.41, 5.74) is 3.63. The minimum Gasteiger partial charge on any atom is -0.493 e. The molecule has 0 aliphatic heterocycles. The SMILES string of the molecule is CCc1ccc(/C=C/c2ccc(OC)c(OC)c2)cc1. The largest absolute Gasteiger partial charge is 0.493 e. The Morgan fingerprint density at radius 1 is 0.800 bits per heavy atom. The van der Waals surface area contributed by atoms with Gasteiger partial charge >= 0.3 is 0 Å². The molecule has 0 amide bonds. The average molecular weight is 268 g/mol. The maximum Gasteiger partial charge on any atom is 0.161 e. The summed E-state index contributed by atoms with van der Waals surface area (Å²) in [6, 6.07) is 14.5. The van der Waals surface area contributed by atoms with Gasteiger partial charge in [-0.2, -0.15) is 0 Å². The molecule has 20 heavy (non-hydrogen) atoms. The highest BCUT2D eigenvalue weighted by molar-refractivity contribution is 5.71. The van der Waals surface area contributed by atoms with Crippen LogP contribution < -0.4 is 9.47 Å². The van der Waals surface area contributed by atoms with Crippen LogP contribution in [0.5, 0.6) is 11.5 Å². The van der Waals surface area contributed by atoms with Crippen molar-refractivity contribution in [3.05, 3.63) is 59.2 Å². The van der Waals surface area contributed by atoms with Gasteiger partial charge in [0.05, 0.1) is 14.2 Å². The van der Waals surface area contributed by atoms with E-state index < -0.39 is 0 Å². The predicted octanol–water partition coefficient (Wildman–Crippen LogP) is 4.44. The summed E-state index contributed by atoms with van der Waals surface area (Å²) in [5, 5.41) is 0. The molecule has 0 radical (unpaired) electrons. The lowest BCUT2D eigenvalue weighted by Crippen LogP contribution is -1.90. The Balaban J connectivity index is 2.17. The minimum absolute atomic E-state index is 0.746. The van der Waals surface area contributed by atoms with Crippen LogP contribution in [-0.4, -0.2) is 14.2 Å². The lowest BCUT2D eigenvalue weighted by atomic mass is 10.1. The fraction of sp³-hybridized carbons (Fsp3) is 0.222. The van der Waals surface area contributed by atoms with Gasteiger partial charge in [-0.3, -0.25) is 0 Å². The molecule has 2 heteroatoms. The van der Waals surface area contributed by atoms with Gasteiger partial charge in [0.1, 0.15) is 0 Å². The zero-order valence-electron chi connectivity index (χ0n) is 12.2. The summed E-state index contributed by atoms with van der Waals surface area (Å²) in [7, 11) is 3.29. The van der Waals surface area contributed by atoms with Crippen molar-refractivity contribution in [2.45, 2.75) is 13.3 Å². The Hall–Kier alpha value is -2.22. The van der Waals surface area contributed by atoms with Crippen LogP contribution >= 0.6 is 0 Å². The number of rotatable bonds is 5. The second-order valence-corrected chi connectivity index (χ2v) is 4.54. The number of hydrogen-bond acceptors (Lipinski definition) is 2. The van der Waals surface area contributed by atoms with Crippen LogP contribution in [0.4, 0.5) is 0 Å². The molecule has 104 valence electrons. The topological polar surface area (TPSA) is 18.5 Å². The van der Waals surface area contributed by atoms with Crippen molar-refractivity contribution >= 4 is 12.2 Å². The van der Waals surface area contributed by atoms with Gasteiger partial charge in [-0.05, 0) is 35.2 Å². The number of benzene rings is 2. The van der Waals surface area contributed by atoms with Gasteiger partial charge in [-0.25, -0.2) is 0 Å². The molecule has 2 aromatic carbocycles. The van der Waals surface area contributed by atoms with Crippen molar-refractivity contribution in [3.63, 3.8) is 0 Å². The Labute approximate surface area is 120 Å². The summed E-state index contributed by atoms with van der Waals surface area (Å²) in [4.78, 5) is 0. The first-order valence-corrected chi connectivity index (χ1v) is 6.76. The lowest BCUT2D eigenvalue weighted by molar-refractivity contribution is 0.355. The first-order valence-electron chi connectivity index (χ1n) is 6.76. The standard InChI is InChI=1S/C18H20O2/c1-4-14-5-7-15(8-6-14)9-10-16-11-12-17(19-2)18(13-16)20-3/h5-13H,4H2,1-3H3/b10-9+. The van der Waals surface area contributed by atoms with E-state index in [2.05, 4.69) is 43.3 Å². The highest BCUT2D eigenvalue weighted by Crippen LogP contribution is 2.28. The van der Waals surface area contributed by atoms with Gasteiger partial charge in [-0.1, -0.05) is 49.4 Å². The summed E-state index contributed by atoms with van der Waals surface area (Å²) in [5.74, 6) is 1.49. The van der Waals surface area contributed by atoms with E-state index in [0.29, 0.717) is 0 Å². The molecule has 0 heterocycles. The normalized spacial score (nSPS) is 10.8. The summed E-state index contributed by atoms with van der Waals surface area (Å²) in [6.07, 6.45) is 5.24. The quantitative estimate of drug-likeness (QED) is 0.746. The first kappa shape index (κ1) is 14.2. The molecule has 2 rings (SSSR count).